The van der Waals surface area contributed by atoms with Crippen molar-refractivity contribution >= 4 is 11.8 Å². The van der Waals surface area contributed by atoms with E-state index in [0.717, 1.165) is 58.3 Å². The highest BCUT2D eigenvalue weighted by molar-refractivity contribution is 5.82. The van der Waals surface area contributed by atoms with Crippen molar-refractivity contribution in [1.29, 1.82) is 0 Å². The third-order valence-electron chi connectivity index (χ3n) is 7.97. The van der Waals surface area contributed by atoms with Crippen molar-refractivity contribution in [2.24, 2.45) is 11.8 Å². The predicted octanol–water partition coefficient (Wildman–Crippen LogP) is 1.69. The molecule has 29 heavy (non-hydrogen) atoms. The van der Waals surface area contributed by atoms with Gasteiger partial charge >= 0.3 is 0 Å². The van der Waals surface area contributed by atoms with Gasteiger partial charge in [-0.05, 0) is 50.9 Å². The Balaban J connectivity index is 1.21. The molecule has 2 amide bonds. The first-order valence-electron chi connectivity index (χ1n) is 11.6. The smallest absolute Gasteiger partial charge is 0.237 e. The van der Waals surface area contributed by atoms with Gasteiger partial charge in [0.05, 0.1) is 6.04 Å². The molecule has 2 saturated carbocycles. The second kappa shape index (κ2) is 8.88. The van der Waals surface area contributed by atoms with E-state index in [4.69, 9.17) is 0 Å². The molecular weight excluding hydrogens is 371 g/mol. The molecule has 7 heteroatoms. The Morgan fingerprint density at radius 1 is 1.00 bits per heavy atom. The van der Waals surface area contributed by atoms with Gasteiger partial charge < -0.3 is 15.5 Å². The van der Waals surface area contributed by atoms with Crippen molar-refractivity contribution in [2.75, 3.05) is 26.2 Å². The lowest BCUT2D eigenvalue weighted by Crippen LogP contribution is -2.54. The van der Waals surface area contributed by atoms with Crippen LogP contribution in [0.4, 0.5) is 4.39 Å². The number of alkyl halides is 1. The van der Waals surface area contributed by atoms with Gasteiger partial charge in [-0.3, -0.25) is 14.5 Å². The number of nitrogens with zero attached hydrogens (tertiary/aromatic N) is 2. The SMILES string of the molecule is CC(=O)N1CCN(C2CCC(NC(=O)C3CC4C(F)CCC(C)C4N3)CC2)CC1. The summed E-state index contributed by atoms with van der Waals surface area (Å²) in [5.41, 5.74) is 0. The maximum absolute atomic E-state index is 14.3. The molecule has 0 aromatic rings. The van der Waals surface area contributed by atoms with Gasteiger partial charge in [-0.2, -0.15) is 0 Å². The molecule has 2 aliphatic carbocycles. The lowest BCUT2D eigenvalue weighted by Gasteiger charge is -2.42. The number of nitrogens with one attached hydrogen (secondary N) is 2. The minimum atomic E-state index is -0.764. The van der Waals surface area contributed by atoms with E-state index in [9.17, 15) is 14.0 Å². The number of amides is 2. The van der Waals surface area contributed by atoms with Crippen LogP contribution in [0.1, 0.15) is 58.8 Å². The fourth-order valence-corrected chi connectivity index (χ4v) is 6.09. The van der Waals surface area contributed by atoms with Gasteiger partial charge in [0.2, 0.25) is 11.8 Å². The average molecular weight is 409 g/mol. The van der Waals surface area contributed by atoms with Crippen LogP contribution >= 0.6 is 0 Å². The Kier molecular flexibility index (Phi) is 6.44. The summed E-state index contributed by atoms with van der Waals surface area (Å²) in [4.78, 5) is 28.8. The number of carbonyl (C=O) groups excluding carboxylic acids is 2. The summed E-state index contributed by atoms with van der Waals surface area (Å²) < 4.78 is 14.3. The van der Waals surface area contributed by atoms with Crippen LogP contribution in [0.25, 0.3) is 0 Å². The van der Waals surface area contributed by atoms with Gasteiger partial charge in [-0.1, -0.05) is 6.92 Å². The van der Waals surface area contributed by atoms with E-state index < -0.39 is 6.17 Å². The fourth-order valence-electron chi connectivity index (χ4n) is 6.09. The normalized spacial score (nSPS) is 41.1. The van der Waals surface area contributed by atoms with Crippen LogP contribution < -0.4 is 10.6 Å². The van der Waals surface area contributed by atoms with E-state index in [1.54, 1.807) is 6.92 Å². The monoisotopic (exact) mass is 408 g/mol. The molecule has 0 radical (unpaired) electrons. The summed E-state index contributed by atoms with van der Waals surface area (Å²) in [6.07, 6.45) is 5.63. The van der Waals surface area contributed by atoms with Crippen LogP contribution in [0.2, 0.25) is 0 Å². The minimum absolute atomic E-state index is 0.00101. The molecule has 2 aliphatic heterocycles. The first-order valence-corrected chi connectivity index (χ1v) is 11.6. The summed E-state index contributed by atoms with van der Waals surface area (Å²) in [5, 5.41) is 6.69. The van der Waals surface area contributed by atoms with Gasteiger partial charge in [-0.25, -0.2) is 4.39 Å². The summed E-state index contributed by atoms with van der Waals surface area (Å²) >= 11 is 0. The molecule has 0 spiro atoms. The molecule has 4 aliphatic rings. The van der Waals surface area contributed by atoms with Gasteiger partial charge in [0.15, 0.2) is 0 Å². The molecule has 2 heterocycles. The number of fused-ring (bicyclic) bond motifs is 1. The zero-order valence-corrected chi connectivity index (χ0v) is 17.9. The van der Waals surface area contributed by atoms with Crippen molar-refractivity contribution in [3.05, 3.63) is 0 Å². The third kappa shape index (κ3) is 4.61. The average Bonchev–Trinajstić information content (AvgIpc) is 3.19. The van der Waals surface area contributed by atoms with Crippen LogP contribution in [-0.2, 0) is 9.59 Å². The van der Waals surface area contributed by atoms with E-state index >= 15 is 0 Å². The fraction of sp³-hybridized carbons (Fsp3) is 0.909. The van der Waals surface area contributed by atoms with E-state index in [2.05, 4.69) is 22.5 Å². The van der Waals surface area contributed by atoms with Crippen LogP contribution in [-0.4, -0.2) is 78.1 Å². The van der Waals surface area contributed by atoms with Gasteiger partial charge in [-0.15, -0.1) is 0 Å². The maximum Gasteiger partial charge on any atom is 0.237 e. The highest BCUT2D eigenvalue weighted by Gasteiger charge is 2.46. The van der Waals surface area contributed by atoms with Crippen LogP contribution in [0.5, 0.6) is 0 Å². The van der Waals surface area contributed by atoms with Crippen LogP contribution in [0.15, 0.2) is 0 Å². The third-order valence-corrected chi connectivity index (χ3v) is 7.97. The highest BCUT2D eigenvalue weighted by Crippen LogP contribution is 2.38. The first-order chi connectivity index (χ1) is 13.9. The summed E-state index contributed by atoms with van der Waals surface area (Å²) in [6.45, 7) is 7.39. The molecule has 5 atom stereocenters. The molecule has 0 aromatic heterocycles. The van der Waals surface area contributed by atoms with E-state index in [0.29, 0.717) is 24.8 Å². The van der Waals surface area contributed by atoms with E-state index in [1.807, 2.05) is 4.90 Å². The number of hydrogen-bond donors (Lipinski definition) is 2. The van der Waals surface area contributed by atoms with Gasteiger partial charge in [0.25, 0.3) is 0 Å². The van der Waals surface area contributed by atoms with Crippen molar-refractivity contribution in [3.63, 3.8) is 0 Å². The Labute approximate surface area is 173 Å². The maximum atomic E-state index is 14.3. The van der Waals surface area contributed by atoms with Crippen molar-refractivity contribution in [1.82, 2.24) is 20.4 Å². The second-order valence-electron chi connectivity index (χ2n) is 9.77. The van der Waals surface area contributed by atoms with Gasteiger partial charge in [0, 0.05) is 57.1 Å². The molecule has 6 nitrogen and oxygen atoms in total. The van der Waals surface area contributed by atoms with E-state index in [-0.39, 0.29) is 35.9 Å². The molecule has 0 bridgehead atoms. The predicted molar refractivity (Wildman–Crippen MR) is 110 cm³/mol. The molecule has 5 unspecified atom stereocenters. The minimum Gasteiger partial charge on any atom is -0.352 e. The highest BCUT2D eigenvalue weighted by atomic mass is 19.1. The first kappa shape index (κ1) is 21.0. The lowest BCUT2D eigenvalue weighted by atomic mass is 9.77. The molecule has 2 N–H and O–H groups in total. The summed E-state index contributed by atoms with van der Waals surface area (Å²) in [6, 6.07) is 0.721. The zero-order valence-electron chi connectivity index (χ0n) is 17.9. The number of piperazine rings is 1. The Morgan fingerprint density at radius 2 is 1.69 bits per heavy atom. The number of hydrogen-bond acceptors (Lipinski definition) is 4. The molecule has 4 fully saturated rings. The molecule has 4 rings (SSSR count). The lowest BCUT2D eigenvalue weighted by molar-refractivity contribution is -0.131. The topological polar surface area (TPSA) is 64.7 Å². The Morgan fingerprint density at radius 3 is 2.31 bits per heavy atom. The summed E-state index contributed by atoms with van der Waals surface area (Å²) in [7, 11) is 0. The number of halogens is 1. The van der Waals surface area contributed by atoms with Crippen LogP contribution in [0, 0.1) is 11.8 Å². The van der Waals surface area contributed by atoms with Gasteiger partial charge in [0.1, 0.15) is 6.17 Å². The number of rotatable bonds is 3. The zero-order chi connectivity index (χ0) is 20.5. The molecule has 0 aromatic carbocycles. The van der Waals surface area contributed by atoms with Crippen molar-refractivity contribution in [3.8, 4) is 0 Å². The second-order valence-corrected chi connectivity index (χ2v) is 9.77. The molecule has 2 saturated heterocycles. The molecular formula is C22H37FN4O2. The molecule has 164 valence electrons. The van der Waals surface area contributed by atoms with Crippen LogP contribution in [0.3, 0.4) is 0 Å². The van der Waals surface area contributed by atoms with E-state index in [1.165, 1.54) is 0 Å². The quantitative estimate of drug-likeness (QED) is 0.746. The van der Waals surface area contributed by atoms with Crippen molar-refractivity contribution in [2.45, 2.75) is 89.1 Å². The number of carbonyl (C=O) groups is 2. The largest absolute Gasteiger partial charge is 0.352 e. The Bertz CT molecular complexity index is 584. The standard InChI is InChI=1S/C22H37FN4O2/c1-14-3-8-19(23)18-13-20(25-21(14)18)22(29)24-16-4-6-17(7-5-16)27-11-9-26(10-12-27)15(2)28/h14,16-21,25H,3-13H2,1-2H3,(H,24,29). The Hall–Kier alpha value is -1.21. The van der Waals surface area contributed by atoms with Crippen molar-refractivity contribution < 1.29 is 14.0 Å². The summed E-state index contributed by atoms with van der Waals surface area (Å²) in [5.74, 6) is 0.685.